The highest BCUT2D eigenvalue weighted by atomic mass is 32.1. The van der Waals surface area contributed by atoms with E-state index >= 15 is 0 Å². The van der Waals surface area contributed by atoms with E-state index < -0.39 is 0 Å². The summed E-state index contributed by atoms with van der Waals surface area (Å²) in [5.74, 6) is 0.748. The summed E-state index contributed by atoms with van der Waals surface area (Å²) in [5, 5.41) is 0. The molecule has 0 aromatic carbocycles. The third-order valence-corrected chi connectivity index (χ3v) is 4.49. The van der Waals surface area contributed by atoms with E-state index in [-0.39, 0.29) is 0 Å². The molecule has 18 heavy (non-hydrogen) atoms. The van der Waals surface area contributed by atoms with Crippen LogP contribution < -0.4 is 0 Å². The van der Waals surface area contributed by atoms with Crippen LogP contribution in [0, 0.1) is 17.6 Å². The van der Waals surface area contributed by atoms with Crippen molar-refractivity contribution in [1.82, 2.24) is 14.5 Å². The first kappa shape index (κ1) is 11.9. The minimum Gasteiger partial charge on any atom is -0.329 e. The number of hydrogen-bond donors (Lipinski definition) is 1. The van der Waals surface area contributed by atoms with Crippen molar-refractivity contribution in [3.8, 4) is 0 Å². The maximum atomic E-state index is 5.48. The van der Waals surface area contributed by atoms with Crippen molar-refractivity contribution in [3.63, 3.8) is 0 Å². The van der Waals surface area contributed by atoms with Gasteiger partial charge in [-0.05, 0) is 57.0 Å². The molecule has 96 valence electrons. The molecule has 0 spiro atoms. The molecule has 1 atom stereocenters. The lowest BCUT2D eigenvalue weighted by atomic mass is 10.00. The molecule has 1 fully saturated rings. The molecule has 4 heteroatoms. The average Bonchev–Trinajstić information content (AvgIpc) is 2.94. The first-order valence-corrected chi connectivity index (χ1v) is 7.15. The smallest absolute Gasteiger partial charge is 0.179 e. The highest BCUT2D eigenvalue weighted by Gasteiger charge is 2.24. The molecule has 0 aliphatic heterocycles. The number of nitrogens with one attached hydrogen (secondary N) is 1. The Morgan fingerprint density at radius 3 is 2.83 bits per heavy atom. The second kappa shape index (κ2) is 4.50. The highest BCUT2D eigenvalue weighted by Crippen LogP contribution is 2.35. The van der Waals surface area contributed by atoms with Gasteiger partial charge in [-0.1, -0.05) is 12.8 Å². The zero-order valence-corrected chi connectivity index (χ0v) is 11.8. The molecule has 3 rings (SSSR count). The molecule has 0 amide bonds. The van der Waals surface area contributed by atoms with Crippen molar-refractivity contribution in [2.75, 3.05) is 0 Å². The number of rotatable bonds is 2. The molecule has 2 aromatic rings. The van der Waals surface area contributed by atoms with Crippen LogP contribution in [0.4, 0.5) is 0 Å². The molecule has 2 heterocycles. The standard InChI is InChI=1S/C14H19N3S/c1-9-7-8-12-13(15-9)17(14(18)16-12)10(2)11-5-3-4-6-11/h7-8,10-11H,3-6H2,1-2H3,(H,16,18). The predicted molar refractivity (Wildman–Crippen MR) is 76.3 cm³/mol. The number of aromatic amines is 1. The van der Waals surface area contributed by atoms with Crippen molar-refractivity contribution in [2.24, 2.45) is 5.92 Å². The average molecular weight is 261 g/mol. The van der Waals surface area contributed by atoms with Crippen LogP contribution in [-0.4, -0.2) is 14.5 Å². The molecular weight excluding hydrogens is 242 g/mol. The quantitative estimate of drug-likeness (QED) is 0.824. The minimum absolute atomic E-state index is 0.447. The van der Waals surface area contributed by atoms with E-state index in [9.17, 15) is 0 Å². The lowest BCUT2D eigenvalue weighted by molar-refractivity contribution is 0.363. The first-order chi connectivity index (χ1) is 8.66. The van der Waals surface area contributed by atoms with E-state index in [1.54, 1.807) is 0 Å². The normalized spacial score (nSPS) is 18.6. The molecule has 1 N–H and O–H groups in total. The summed E-state index contributed by atoms with van der Waals surface area (Å²) in [7, 11) is 0. The highest BCUT2D eigenvalue weighted by molar-refractivity contribution is 7.71. The second-order valence-electron chi connectivity index (χ2n) is 5.41. The Labute approximate surface area is 112 Å². The fraction of sp³-hybridized carbons (Fsp3) is 0.571. The number of hydrogen-bond acceptors (Lipinski definition) is 2. The Balaban J connectivity index is 2.12. The first-order valence-electron chi connectivity index (χ1n) is 6.74. The lowest BCUT2D eigenvalue weighted by Crippen LogP contribution is -2.14. The van der Waals surface area contributed by atoms with E-state index in [1.807, 2.05) is 13.0 Å². The van der Waals surface area contributed by atoms with Gasteiger partial charge in [0.05, 0.1) is 5.52 Å². The largest absolute Gasteiger partial charge is 0.329 e. The minimum atomic E-state index is 0.447. The monoisotopic (exact) mass is 261 g/mol. The van der Waals surface area contributed by atoms with Crippen molar-refractivity contribution in [2.45, 2.75) is 45.6 Å². The van der Waals surface area contributed by atoms with Gasteiger partial charge in [-0.2, -0.15) is 0 Å². The third kappa shape index (κ3) is 1.88. The summed E-state index contributed by atoms with van der Waals surface area (Å²) in [6.45, 7) is 4.31. The number of H-pyrrole nitrogens is 1. The van der Waals surface area contributed by atoms with E-state index in [1.165, 1.54) is 25.7 Å². The van der Waals surface area contributed by atoms with Crippen molar-refractivity contribution >= 4 is 23.4 Å². The van der Waals surface area contributed by atoms with Crippen LogP contribution in [0.1, 0.15) is 44.3 Å². The van der Waals surface area contributed by atoms with Gasteiger partial charge >= 0.3 is 0 Å². The molecular formula is C14H19N3S. The van der Waals surface area contributed by atoms with Gasteiger partial charge in [0.15, 0.2) is 10.4 Å². The van der Waals surface area contributed by atoms with Crippen molar-refractivity contribution in [3.05, 3.63) is 22.6 Å². The van der Waals surface area contributed by atoms with Crippen LogP contribution in [0.2, 0.25) is 0 Å². The summed E-state index contributed by atoms with van der Waals surface area (Å²) >= 11 is 5.48. The SMILES string of the molecule is Cc1ccc2[nH]c(=S)n(C(C)C3CCCC3)c2n1. The van der Waals surface area contributed by atoms with Crippen molar-refractivity contribution in [1.29, 1.82) is 0 Å². The molecule has 0 saturated heterocycles. The number of fused-ring (bicyclic) bond motifs is 1. The number of nitrogens with zero attached hydrogens (tertiary/aromatic N) is 2. The van der Waals surface area contributed by atoms with Crippen LogP contribution in [0.5, 0.6) is 0 Å². The molecule has 1 unspecified atom stereocenters. The lowest BCUT2D eigenvalue weighted by Gasteiger charge is -2.20. The molecule has 1 saturated carbocycles. The van der Waals surface area contributed by atoms with E-state index in [0.29, 0.717) is 6.04 Å². The molecule has 1 aliphatic rings. The topological polar surface area (TPSA) is 33.6 Å². The fourth-order valence-corrected chi connectivity index (χ4v) is 3.49. The Bertz CT molecular complexity index is 619. The molecule has 2 aromatic heterocycles. The Morgan fingerprint density at radius 2 is 2.11 bits per heavy atom. The maximum Gasteiger partial charge on any atom is 0.179 e. The van der Waals surface area contributed by atoms with Gasteiger partial charge in [0.2, 0.25) is 0 Å². The second-order valence-corrected chi connectivity index (χ2v) is 5.80. The summed E-state index contributed by atoms with van der Waals surface area (Å²) in [6.07, 6.45) is 5.36. The molecule has 3 nitrogen and oxygen atoms in total. The van der Waals surface area contributed by atoms with Crippen LogP contribution >= 0.6 is 12.2 Å². The Morgan fingerprint density at radius 1 is 1.39 bits per heavy atom. The fourth-order valence-electron chi connectivity index (χ4n) is 3.12. The zero-order chi connectivity index (χ0) is 12.7. The van der Waals surface area contributed by atoms with Crippen LogP contribution in [0.3, 0.4) is 0 Å². The maximum absolute atomic E-state index is 5.48. The number of pyridine rings is 1. The number of imidazole rings is 1. The van der Waals surface area contributed by atoms with Gasteiger partial charge in [0, 0.05) is 11.7 Å². The zero-order valence-electron chi connectivity index (χ0n) is 10.9. The van der Waals surface area contributed by atoms with Crippen LogP contribution in [0.15, 0.2) is 12.1 Å². The molecule has 0 radical (unpaired) electrons. The van der Waals surface area contributed by atoms with Crippen LogP contribution in [-0.2, 0) is 0 Å². The summed E-state index contributed by atoms with van der Waals surface area (Å²) in [5.41, 5.74) is 3.11. The van der Waals surface area contributed by atoms with Gasteiger partial charge < -0.3 is 4.98 Å². The van der Waals surface area contributed by atoms with E-state index in [2.05, 4.69) is 27.5 Å². The number of aromatic nitrogens is 3. The predicted octanol–water partition coefficient (Wildman–Crippen LogP) is 4.15. The van der Waals surface area contributed by atoms with Gasteiger partial charge in [-0.15, -0.1) is 0 Å². The molecule has 0 bridgehead atoms. The number of aryl methyl sites for hydroxylation is 1. The van der Waals surface area contributed by atoms with Gasteiger partial charge in [0.1, 0.15) is 0 Å². The van der Waals surface area contributed by atoms with Crippen LogP contribution in [0.25, 0.3) is 11.2 Å². The third-order valence-electron chi connectivity index (χ3n) is 4.19. The van der Waals surface area contributed by atoms with Gasteiger partial charge in [-0.25, -0.2) is 4.98 Å². The molecule has 1 aliphatic carbocycles. The van der Waals surface area contributed by atoms with Crippen molar-refractivity contribution < 1.29 is 0 Å². The Kier molecular flexibility index (Phi) is 2.98. The summed E-state index contributed by atoms with van der Waals surface area (Å²) in [4.78, 5) is 7.93. The van der Waals surface area contributed by atoms with E-state index in [4.69, 9.17) is 12.2 Å². The summed E-state index contributed by atoms with van der Waals surface area (Å²) < 4.78 is 3.02. The van der Waals surface area contributed by atoms with Gasteiger partial charge in [0.25, 0.3) is 0 Å². The summed E-state index contributed by atoms with van der Waals surface area (Å²) in [6, 6.07) is 4.55. The Hall–Kier alpha value is -1.16. The van der Waals surface area contributed by atoms with Gasteiger partial charge in [-0.3, -0.25) is 4.57 Å². The van der Waals surface area contributed by atoms with E-state index in [0.717, 1.165) is 27.5 Å².